The number of nitrogens with zero attached hydrogens (tertiary/aromatic N) is 2. The van der Waals surface area contributed by atoms with Crippen LogP contribution < -0.4 is 5.32 Å². The summed E-state index contributed by atoms with van der Waals surface area (Å²) in [5, 5.41) is 11.9. The number of aliphatic hydroxyl groups is 1. The standard InChI is InChI=1S/C10H17N3O/c1-9(8-14)4-2-5-11-10-12-6-3-7-13-10/h3,6-7,9,14H,2,4-5,8H2,1H3,(H,11,12,13). The van der Waals surface area contributed by atoms with E-state index in [1.807, 2.05) is 6.92 Å². The minimum Gasteiger partial charge on any atom is -0.396 e. The number of nitrogens with one attached hydrogen (secondary N) is 1. The second kappa shape index (κ2) is 6.32. The first-order valence-corrected chi connectivity index (χ1v) is 4.94. The Bertz CT molecular complexity index is 240. The van der Waals surface area contributed by atoms with Crippen LogP contribution in [0, 0.1) is 5.92 Å². The summed E-state index contributed by atoms with van der Waals surface area (Å²) in [5.74, 6) is 1.05. The Kier molecular flexibility index (Phi) is 4.93. The third-order valence-electron chi connectivity index (χ3n) is 2.03. The fourth-order valence-electron chi connectivity index (χ4n) is 1.13. The van der Waals surface area contributed by atoms with Gasteiger partial charge in [0.15, 0.2) is 0 Å². The van der Waals surface area contributed by atoms with E-state index < -0.39 is 0 Å². The van der Waals surface area contributed by atoms with Crippen molar-refractivity contribution < 1.29 is 5.11 Å². The maximum Gasteiger partial charge on any atom is 0.222 e. The molecule has 1 rings (SSSR count). The molecule has 0 aliphatic carbocycles. The van der Waals surface area contributed by atoms with Gasteiger partial charge in [-0.2, -0.15) is 0 Å². The van der Waals surface area contributed by atoms with Crippen LogP contribution in [0.3, 0.4) is 0 Å². The van der Waals surface area contributed by atoms with Gasteiger partial charge in [0.2, 0.25) is 5.95 Å². The van der Waals surface area contributed by atoms with Gasteiger partial charge in [-0.1, -0.05) is 6.92 Å². The van der Waals surface area contributed by atoms with Crippen molar-refractivity contribution in [3.63, 3.8) is 0 Å². The summed E-state index contributed by atoms with van der Waals surface area (Å²) >= 11 is 0. The van der Waals surface area contributed by atoms with Crippen LogP contribution in [0.5, 0.6) is 0 Å². The van der Waals surface area contributed by atoms with E-state index in [0.717, 1.165) is 19.4 Å². The molecule has 2 N–H and O–H groups in total. The predicted molar refractivity (Wildman–Crippen MR) is 56.0 cm³/mol. The molecular formula is C10H17N3O. The number of hydrogen-bond acceptors (Lipinski definition) is 4. The molecule has 1 heterocycles. The van der Waals surface area contributed by atoms with Gasteiger partial charge in [-0.05, 0) is 24.8 Å². The van der Waals surface area contributed by atoms with Gasteiger partial charge >= 0.3 is 0 Å². The Balaban J connectivity index is 2.10. The topological polar surface area (TPSA) is 58.0 Å². The van der Waals surface area contributed by atoms with E-state index in [1.54, 1.807) is 18.5 Å². The first-order valence-electron chi connectivity index (χ1n) is 4.94. The molecule has 14 heavy (non-hydrogen) atoms. The van der Waals surface area contributed by atoms with E-state index in [4.69, 9.17) is 5.11 Å². The zero-order valence-corrected chi connectivity index (χ0v) is 8.48. The molecule has 0 spiro atoms. The molecule has 1 atom stereocenters. The SMILES string of the molecule is CC(CO)CCCNc1ncccn1. The first-order chi connectivity index (χ1) is 6.83. The van der Waals surface area contributed by atoms with Crippen LogP contribution >= 0.6 is 0 Å². The zero-order valence-electron chi connectivity index (χ0n) is 8.48. The third-order valence-corrected chi connectivity index (χ3v) is 2.03. The van der Waals surface area contributed by atoms with E-state index in [0.29, 0.717) is 11.9 Å². The van der Waals surface area contributed by atoms with E-state index in [-0.39, 0.29) is 6.61 Å². The predicted octanol–water partition coefficient (Wildman–Crippen LogP) is 1.30. The molecule has 1 aromatic heterocycles. The molecular weight excluding hydrogens is 178 g/mol. The summed E-state index contributed by atoms with van der Waals surface area (Å²) in [6.45, 7) is 3.16. The molecule has 1 aromatic rings. The van der Waals surface area contributed by atoms with Crippen molar-refractivity contribution in [2.45, 2.75) is 19.8 Å². The van der Waals surface area contributed by atoms with Crippen LogP contribution in [-0.4, -0.2) is 28.2 Å². The Hall–Kier alpha value is -1.16. The van der Waals surface area contributed by atoms with Gasteiger partial charge in [-0.25, -0.2) is 9.97 Å². The summed E-state index contributed by atoms with van der Waals surface area (Å²) in [5.41, 5.74) is 0. The summed E-state index contributed by atoms with van der Waals surface area (Å²) in [4.78, 5) is 8.09. The molecule has 0 aliphatic rings. The van der Waals surface area contributed by atoms with Crippen LogP contribution in [0.25, 0.3) is 0 Å². The molecule has 0 saturated heterocycles. The number of rotatable bonds is 6. The maximum absolute atomic E-state index is 8.81. The Labute approximate surface area is 84.4 Å². The third kappa shape index (κ3) is 4.18. The van der Waals surface area contributed by atoms with Crippen molar-refractivity contribution in [3.8, 4) is 0 Å². The van der Waals surface area contributed by atoms with E-state index in [9.17, 15) is 0 Å². The lowest BCUT2D eigenvalue weighted by Crippen LogP contribution is -2.08. The minimum atomic E-state index is 0.266. The monoisotopic (exact) mass is 195 g/mol. The van der Waals surface area contributed by atoms with Crippen molar-refractivity contribution in [1.82, 2.24) is 9.97 Å². The molecule has 0 radical (unpaired) electrons. The molecule has 0 saturated carbocycles. The number of aliphatic hydroxyl groups excluding tert-OH is 1. The number of hydrogen-bond donors (Lipinski definition) is 2. The minimum absolute atomic E-state index is 0.266. The average Bonchev–Trinajstić information content (AvgIpc) is 2.25. The van der Waals surface area contributed by atoms with Gasteiger partial charge in [0, 0.05) is 25.5 Å². The highest BCUT2D eigenvalue weighted by atomic mass is 16.3. The molecule has 0 fully saturated rings. The smallest absolute Gasteiger partial charge is 0.222 e. The largest absolute Gasteiger partial charge is 0.396 e. The highest BCUT2D eigenvalue weighted by Gasteiger charge is 1.99. The lowest BCUT2D eigenvalue weighted by Gasteiger charge is -2.07. The Morgan fingerprint density at radius 3 is 2.79 bits per heavy atom. The van der Waals surface area contributed by atoms with Gasteiger partial charge in [-0.15, -0.1) is 0 Å². The quantitative estimate of drug-likeness (QED) is 0.672. The van der Waals surface area contributed by atoms with Crippen LogP contribution in [-0.2, 0) is 0 Å². The second-order valence-corrected chi connectivity index (χ2v) is 3.43. The fraction of sp³-hybridized carbons (Fsp3) is 0.600. The molecule has 1 unspecified atom stereocenters. The second-order valence-electron chi connectivity index (χ2n) is 3.43. The summed E-state index contributed by atoms with van der Waals surface area (Å²) in [6.07, 6.45) is 5.48. The molecule has 0 aromatic carbocycles. The zero-order chi connectivity index (χ0) is 10.2. The molecule has 0 amide bonds. The number of aromatic nitrogens is 2. The molecule has 4 nitrogen and oxygen atoms in total. The van der Waals surface area contributed by atoms with Crippen LogP contribution in [0.1, 0.15) is 19.8 Å². The molecule has 0 bridgehead atoms. The van der Waals surface area contributed by atoms with Gasteiger partial charge in [-0.3, -0.25) is 0 Å². The molecule has 4 heteroatoms. The lowest BCUT2D eigenvalue weighted by atomic mass is 10.1. The van der Waals surface area contributed by atoms with E-state index in [2.05, 4.69) is 15.3 Å². The molecule has 78 valence electrons. The highest BCUT2D eigenvalue weighted by molar-refractivity contribution is 5.21. The first kappa shape index (κ1) is 10.9. The maximum atomic E-state index is 8.81. The Morgan fingerprint density at radius 1 is 1.43 bits per heavy atom. The van der Waals surface area contributed by atoms with Gasteiger partial charge in [0.05, 0.1) is 0 Å². The van der Waals surface area contributed by atoms with Crippen LogP contribution in [0.15, 0.2) is 18.5 Å². The van der Waals surface area contributed by atoms with E-state index >= 15 is 0 Å². The van der Waals surface area contributed by atoms with Crippen molar-refractivity contribution in [1.29, 1.82) is 0 Å². The Morgan fingerprint density at radius 2 is 2.14 bits per heavy atom. The number of anilines is 1. The fourth-order valence-corrected chi connectivity index (χ4v) is 1.13. The van der Waals surface area contributed by atoms with Crippen molar-refractivity contribution in [2.75, 3.05) is 18.5 Å². The van der Waals surface area contributed by atoms with Gasteiger partial charge < -0.3 is 10.4 Å². The van der Waals surface area contributed by atoms with Crippen LogP contribution in [0.4, 0.5) is 5.95 Å². The van der Waals surface area contributed by atoms with Crippen LogP contribution in [0.2, 0.25) is 0 Å². The lowest BCUT2D eigenvalue weighted by molar-refractivity contribution is 0.229. The van der Waals surface area contributed by atoms with Crippen molar-refractivity contribution in [3.05, 3.63) is 18.5 Å². The normalized spacial score (nSPS) is 12.4. The molecule has 0 aliphatic heterocycles. The summed E-state index contributed by atoms with van der Waals surface area (Å²) < 4.78 is 0. The van der Waals surface area contributed by atoms with Gasteiger partial charge in [0.25, 0.3) is 0 Å². The van der Waals surface area contributed by atoms with Crippen molar-refractivity contribution in [2.24, 2.45) is 5.92 Å². The average molecular weight is 195 g/mol. The van der Waals surface area contributed by atoms with E-state index in [1.165, 1.54) is 0 Å². The summed E-state index contributed by atoms with van der Waals surface area (Å²) in [6, 6.07) is 1.79. The summed E-state index contributed by atoms with van der Waals surface area (Å²) in [7, 11) is 0. The van der Waals surface area contributed by atoms with Crippen molar-refractivity contribution >= 4 is 5.95 Å². The van der Waals surface area contributed by atoms with Gasteiger partial charge in [0.1, 0.15) is 0 Å². The highest BCUT2D eigenvalue weighted by Crippen LogP contribution is 2.04.